The molecule has 0 amide bonds. The third-order valence-corrected chi connectivity index (χ3v) is 6.73. The van der Waals surface area contributed by atoms with Crippen LogP contribution in [0.2, 0.25) is 0 Å². The third-order valence-electron chi connectivity index (χ3n) is 6.73. The Labute approximate surface area is 141 Å². The monoisotopic (exact) mass is 332 g/mol. The maximum Gasteiger partial charge on any atom is 0.174 e. The number of benzene rings is 1. The summed E-state index contributed by atoms with van der Waals surface area (Å²) in [6.45, 7) is 0.871. The second-order valence-electron chi connectivity index (χ2n) is 7.44. The van der Waals surface area contributed by atoms with E-state index in [-0.39, 0.29) is 18.0 Å². The van der Waals surface area contributed by atoms with Gasteiger partial charge in [-0.2, -0.15) is 0 Å². The lowest BCUT2D eigenvalue weighted by molar-refractivity contribution is -0.185. The zero-order chi connectivity index (χ0) is 16.0. The topological polar surface area (TPSA) is 94.0 Å². The Bertz CT molecular complexity index is 736. The predicted molar refractivity (Wildman–Crippen MR) is 88.0 cm³/mol. The molecule has 2 aliphatic carbocycles. The molecule has 1 spiro atoms. The first-order valence-corrected chi connectivity index (χ1v) is 8.35. The van der Waals surface area contributed by atoms with Crippen LogP contribution >= 0.6 is 0 Å². The molecule has 130 valence electrons. The van der Waals surface area contributed by atoms with Crippen molar-refractivity contribution in [2.24, 2.45) is 0 Å². The number of carbonyl (C=O) groups excluding carboxylic acids is 1. The van der Waals surface area contributed by atoms with Gasteiger partial charge in [-0.25, -0.2) is 0 Å². The Morgan fingerprint density at radius 3 is 2.92 bits per heavy atom. The minimum absolute atomic E-state index is 0. The van der Waals surface area contributed by atoms with Gasteiger partial charge in [0.1, 0.15) is 0 Å². The van der Waals surface area contributed by atoms with Gasteiger partial charge in [0.25, 0.3) is 0 Å². The molecule has 1 aromatic rings. The number of carbonyl (C=O) groups is 1. The lowest BCUT2D eigenvalue weighted by atomic mass is 9.49. The molecule has 0 aromatic heterocycles. The van der Waals surface area contributed by atoms with Crippen LogP contribution in [0.3, 0.4) is 0 Å². The summed E-state index contributed by atoms with van der Waals surface area (Å²) in [4.78, 5) is 14.9. The minimum Gasteiger partial charge on any atom is -0.493 e. The Morgan fingerprint density at radius 1 is 1.38 bits per heavy atom. The average molecular weight is 332 g/mol. The summed E-state index contributed by atoms with van der Waals surface area (Å²) in [7, 11) is 3.70. The maximum atomic E-state index is 12.7. The van der Waals surface area contributed by atoms with E-state index in [9.17, 15) is 9.90 Å². The van der Waals surface area contributed by atoms with Crippen LogP contribution in [0, 0.1) is 0 Å². The zero-order valence-electron chi connectivity index (χ0n) is 14.2. The summed E-state index contributed by atoms with van der Waals surface area (Å²) in [5.41, 5.74) is 0.737. The summed E-state index contributed by atoms with van der Waals surface area (Å²) in [6.07, 6.45) is 1.89. The minimum atomic E-state index is -0.900. The summed E-state index contributed by atoms with van der Waals surface area (Å²) >= 11 is 0. The molecule has 4 atom stereocenters. The highest BCUT2D eigenvalue weighted by Gasteiger charge is 2.72. The molecule has 4 aliphatic rings. The van der Waals surface area contributed by atoms with Crippen molar-refractivity contribution in [1.82, 2.24) is 11.1 Å². The highest BCUT2D eigenvalue weighted by Crippen LogP contribution is 2.64. The van der Waals surface area contributed by atoms with Crippen molar-refractivity contribution in [3.8, 4) is 11.5 Å². The highest BCUT2D eigenvalue weighted by molar-refractivity contribution is 5.90. The van der Waals surface area contributed by atoms with Gasteiger partial charge in [0, 0.05) is 18.0 Å². The molecular weight excluding hydrogens is 308 g/mol. The number of hydrogen-bond donors (Lipinski definition) is 2. The van der Waals surface area contributed by atoms with Gasteiger partial charge in [-0.15, -0.1) is 0 Å². The molecule has 0 unspecified atom stereocenters. The van der Waals surface area contributed by atoms with E-state index < -0.39 is 17.1 Å². The molecule has 2 heterocycles. The Balaban J connectivity index is 0.00000146. The number of ketones is 1. The molecule has 4 N–H and O–H groups in total. The van der Waals surface area contributed by atoms with Gasteiger partial charge >= 0.3 is 0 Å². The molecule has 6 nitrogen and oxygen atoms in total. The molecule has 1 saturated carbocycles. The van der Waals surface area contributed by atoms with Crippen LogP contribution in [0.15, 0.2) is 12.1 Å². The first-order chi connectivity index (χ1) is 11.0. The standard InChI is InChI=1S/C18H21NO4.H3N/c1-19-8-7-17-14-10-3-4-12(22-2)15(14)23-16(17)11(20)5-6-18(17,21)13(19)9-10;/h3-4,13,16,21H,5-9H2,1-2H3;1H3/t13-,16+,17+,18-;/m1./s1. The number of likely N-dealkylation sites (tertiary alicyclic amines) is 1. The molecular formula is C18H24N2O4. The van der Waals surface area contributed by atoms with Gasteiger partial charge in [0.2, 0.25) is 0 Å². The predicted octanol–water partition coefficient (Wildman–Crippen LogP) is 1.21. The SMILES string of the molecule is COc1ccc2c3c1O[C@H]1C(=O)CC[C@@]4(O)[C@@H](C2)N(C)CC[C@]314.N. The summed E-state index contributed by atoms with van der Waals surface area (Å²) in [5.74, 6) is 1.47. The van der Waals surface area contributed by atoms with Crippen molar-refractivity contribution in [1.29, 1.82) is 0 Å². The molecule has 24 heavy (non-hydrogen) atoms. The maximum absolute atomic E-state index is 12.7. The van der Waals surface area contributed by atoms with Crippen molar-refractivity contribution in [2.45, 2.75) is 48.8 Å². The second kappa shape index (κ2) is 4.71. The van der Waals surface area contributed by atoms with E-state index in [0.717, 1.165) is 24.9 Å². The van der Waals surface area contributed by atoms with Crippen LogP contribution in [0.25, 0.3) is 0 Å². The van der Waals surface area contributed by atoms with E-state index in [4.69, 9.17) is 9.47 Å². The van der Waals surface area contributed by atoms with Gasteiger partial charge in [-0.1, -0.05) is 6.07 Å². The van der Waals surface area contributed by atoms with Crippen molar-refractivity contribution in [2.75, 3.05) is 20.7 Å². The lowest BCUT2D eigenvalue weighted by Crippen LogP contribution is -2.76. The summed E-state index contributed by atoms with van der Waals surface area (Å²) < 4.78 is 11.6. The molecule has 0 radical (unpaired) electrons. The Hall–Kier alpha value is -1.63. The van der Waals surface area contributed by atoms with Crippen LogP contribution in [0.5, 0.6) is 11.5 Å². The quantitative estimate of drug-likeness (QED) is 0.803. The van der Waals surface area contributed by atoms with Gasteiger partial charge in [0.15, 0.2) is 23.4 Å². The molecule has 6 heteroatoms. The average Bonchev–Trinajstić information content (AvgIpc) is 2.90. The summed E-state index contributed by atoms with van der Waals surface area (Å²) in [6, 6.07) is 4.05. The lowest BCUT2D eigenvalue weighted by Gasteiger charge is -2.62. The first kappa shape index (κ1) is 15.9. The number of methoxy groups -OCH3 is 1. The number of nitrogens with zero attached hydrogens (tertiary/aromatic N) is 1. The van der Waals surface area contributed by atoms with Gasteiger partial charge < -0.3 is 25.6 Å². The van der Waals surface area contributed by atoms with Crippen LogP contribution in [0.1, 0.15) is 30.4 Å². The van der Waals surface area contributed by atoms with E-state index in [1.54, 1.807) is 7.11 Å². The number of aliphatic hydroxyl groups is 1. The number of Topliss-reactive ketones (excluding diaryl/α,β-unsaturated/α-hetero) is 1. The van der Waals surface area contributed by atoms with E-state index in [1.807, 2.05) is 6.07 Å². The normalized spacial score (nSPS) is 38.9. The van der Waals surface area contributed by atoms with Crippen LogP contribution in [-0.4, -0.2) is 54.2 Å². The largest absolute Gasteiger partial charge is 0.493 e. The number of rotatable bonds is 1. The van der Waals surface area contributed by atoms with Gasteiger partial charge in [0.05, 0.1) is 18.1 Å². The first-order valence-electron chi connectivity index (χ1n) is 8.35. The van der Waals surface area contributed by atoms with E-state index in [1.165, 1.54) is 5.56 Å². The molecule has 2 aliphatic heterocycles. The van der Waals surface area contributed by atoms with Crippen molar-refractivity contribution in [3.05, 3.63) is 23.3 Å². The third kappa shape index (κ3) is 1.46. The smallest absolute Gasteiger partial charge is 0.174 e. The van der Waals surface area contributed by atoms with Crippen molar-refractivity contribution >= 4 is 5.78 Å². The Kier molecular flexibility index (Phi) is 3.12. The van der Waals surface area contributed by atoms with Crippen molar-refractivity contribution < 1.29 is 19.4 Å². The molecule has 2 fully saturated rings. The fourth-order valence-corrected chi connectivity index (χ4v) is 5.69. The number of hydrogen-bond acceptors (Lipinski definition) is 6. The van der Waals surface area contributed by atoms with Crippen LogP contribution in [0.4, 0.5) is 0 Å². The fraction of sp³-hybridized carbons (Fsp3) is 0.611. The van der Waals surface area contributed by atoms with Crippen molar-refractivity contribution in [3.63, 3.8) is 0 Å². The molecule has 1 saturated heterocycles. The number of ether oxygens (including phenoxy) is 2. The second-order valence-corrected chi connectivity index (χ2v) is 7.44. The number of likely N-dealkylation sites (N-methyl/N-ethyl adjacent to an activating group) is 1. The molecule has 5 rings (SSSR count). The highest BCUT2D eigenvalue weighted by atomic mass is 16.5. The molecule has 2 bridgehead atoms. The van der Waals surface area contributed by atoms with E-state index in [0.29, 0.717) is 24.3 Å². The zero-order valence-corrected chi connectivity index (χ0v) is 14.2. The van der Waals surface area contributed by atoms with E-state index >= 15 is 0 Å². The van der Waals surface area contributed by atoms with Gasteiger partial charge in [-0.05, 0) is 44.5 Å². The van der Waals surface area contributed by atoms with Crippen LogP contribution < -0.4 is 15.6 Å². The van der Waals surface area contributed by atoms with Gasteiger partial charge in [-0.3, -0.25) is 4.79 Å². The molecule has 1 aromatic carbocycles. The Morgan fingerprint density at radius 2 is 2.17 bits per heavy atom. The fourth-order valence-electron chi connectivity index (χ4n) is 5.69. The summed E-state index contributed by atoms with van der Waals surface area (Å²) in [5, 5.41) is 11.7. The number of piperidine rings is 1. The van der Waals surface area contributed by atoms with E-state index in [2.05, 4.69) is 18.0 Å². The van der Waals surface area contributed by atoms with Crippen LogP contribution in [-0.2, 0) is 16.6 Å².